The molecule has 0 saturated heterocycles. The van der Waals surface area contributed by atoms with Gasteiger partial charge in [0.1, 0.15) is 5.75 Å². The first-order chi connectivity index (χ1) is 10.6. The van der Waals surface area contributed by atoms with Gasteiger partial charge in [-0.15, -0.1) is 0 Å². The summed E-state index contributed by atoms with van der Waals surface area (Å²) in [5, 5.41) is 27.5. The minimum absolute atomic E-state index is 0.0389. The molecule has 0 saturated carbocycles. The van der Waals surface area contributed by atoms with Gasteiger partial charge in [0.15, 0.2) is 0 Å². The Hall–Kier alpha value is -1.85. The number of ether oxygens (including phenoxy) is 1. The molecule has 0 aliphatic carbocycles. The van der Waals surface area contributed by atoms with Crippen LogP contribution in [0, 0.1) is 5.92 Å². The third-order valence-corrected chi connectivity index (χ3v) is 3.56. The van der Waals surface area contributed by atoms with Gasteiger partial charge in [-0.3, -0.25) is 4.79 Å². The van der Waals surface area contributed by atoms with Crippen molar-refractivity contribution in [3.8, 4) is 5.75 Å². The second-order valence-corrected chi connectivity index (χ2v) is 5.07. The molecule has 0 bridgehead atoms. The van der Waals surface area contributed by atoms with Crippen LogP contribution in [0.2, 0.25) is 0 Å². The standard InChI is InChI=1S/C17H24O5/c1-2-14(12-19)15(7-9-18)11-17(21)22-10-8-13-3-5-16(20)6-4-13/h2-6,15,18-20H,7-12H2,1H3/t15-/m0/s1. The molecule has 1 atom stereocenters. The Labute approximate surface area is 130 Å². The van der Waals surface area contributed by atoms with E-state index in [1.807, 2.05) is 0 Å². The summed E-state index contributed by atoms with van der Waals surface area (Å²) in [6, 6.07) is 6.74. The highest BCUT2D eigenvalue weighted by atomic mass is 16.5. The Morgan fingerprint density at radius 2 is 1.95 bits per heavy atom. The summed E-state index contributed by atoms with van der Waals surface area (Å²) in [5.74, 6) is -0.332. The number of rotatable bonds is 9. The number of phenolic OH excluding ortho intramolecular Hbond substituents is 1. The lowest BCUT2D eigenvalue weighted by Crippen LogP contribution is -2.17. The Kier molecular flexibility index (Phi) is 8.25. The summed E-state index contributed by atoms with van der Waals surface area (Å²) >= 11 is 0. The van der Waals surface area contributed by atoms with E-state index in [0.29, 0.717) is 12.8 Å². The van der Waals surface area contributed by atoms with E-state index in [1.54, 1.807) is 37.3 Å². The first kappa shape index (κ1) is 18.2. The minimum Gasteiger partial charge on any atom is -0.508 e. The number of benzene rings is 1. The highest BCUT2D eigenvalue weighted by Gasteiger charge is 2.18. The molecule has 0 unspecified atom stereocenters. The molecule has 1 aromatic rings. The van der Waals surface area contributed by atoms with Crippen LogP contribution in [-0.4, -0.2) is 41.1 Å². The van der Waals surface area contributed by atoms with Gasteiger partial charge in [0.2, 0.25) is 0 Å². The van der Waals surface area contributed by atoms with Gasteiger partial charge < -0.3 is 20.1 Å². The fraction of sp³-hybridized carbons (Fsp3) is 0.471. The Balaban J connectivity index is 2.41. The lowest BCUT2D eigenvalue weighted by atomic mass is 9.93. The molecule has 122 valence electrons. The number of hydrogen-bond donors (Lipinski definition) is 3. The van der Waals surface area contributed by atoms with E-state index < -0.39 is 0 Å². The van der Waals surface area contributed by atoms with Gasteiger partial charge in [-0.25, -0.2) is 0 Å². The third-order valence-electron chi connectivity index (χ3n) is 3.56. The zero-order chi connectivity index (χ0) is 16.4. The molecule has 0 aliphatic heterocycles. The number of carbonyl (C=O) groups is 1. The van der Waals surface area contributed by atoms with Gasteiger partial charge in [-0.05, 0) is 42.5 Å². The molecular weight excluding hydrogens is 284 g/mol. The van der Waals surface area contributed by atoms with Crippen LogP contribution in [-0.2, 0) is 16.0 Å². The van der Waals surface area contributed by atoms with E-state index in [2.05, 4.69) is 0 Å². The van der Waals surface area contributed by atoms with Crippen molar-refractivity contribution >= 4 is 5.97 Å². The van der Waals surface area contributed by atoms with E-state index in [-0.39, 0.29) is 43.9 Å². The molecule has 0 aromatic heterocycles. The highest BCUT2D eigenvalue weighted by molar-refractivity contribution is 5.70. The quantitative estimate of drug-likeness (QED) is 0.478. The van der Waals surface area contributed by atoms with E-state index in [4.69, 9.17) is 9.84 Å². The molecule has 0 heterocycles. The first-order valence-electron chi connectivity index (χ1n) is 7.41. The van der Waals surface area contributed by atoms with E-state index >= 15 is 0 Å². The van der Waals surface area contributed by atoms with Gasteiger partial charge in [-0.1, -0.05) is 18.2 Å². The molecule has 0 aliphatic rings. The zero-order valence-electron chi connectivity index (χ0n) is 12.9. The maximum Gasteiger partial charge on any atom is 0.306 e. The SMILES string of the molecule is CC=C(CO)[C@@H](CCO)CC(=O)OCCc1ccc(O)cc1. The van der Waals surface area contributed by atoms with Crippen molar-refractivity contribution in [2.75, 3.05) is 19.8 Å². The van der Waals surface area contributed by atoms with Crippen LogP contribution >= 0.6 is 0 Å². The maximum absolute atomic E-state index is 11.9. The fourth-order valence-electron chi connectivity index (χ4n) is 2.24. The maximum atomic E-state index is 11.9. The minimum atomic E-state index is -0.343. The Bertz CT molecular complexity index is 478. The summed E-state index contributed by atoms with van der Waals surface area (Å²) in [7, 11) is 0. The average molecular weight is 308 g/mol. The molecule has 0 fully saturated rings. The Morgan fingerprint density at radius 3 is 2.50 bits per heavy atom. The van der Waals surface area contributed by atoms with Gasteiger partial charge >= 0.3 is 5.97 Å². The van der Waals surface area contributed by atoms with E-state index in [0.717, 1.165) is 11.1 Å². The Morgan fingerprint density at radius 1 is 1.27 bits per heavy atom. The normalized spacial score (nSPS) is 13.0. The van der Waals surface area contributed by atoms with Crippen molar-refractivity contribution in [2.24, 2.45) is 5.92 Å². The van der Waals surface area contributed by atoms with Crippen LogP contribution in [0.15, 0.2) is 35.9 Å². The number of phenols is 1. The van der Waals surface area contributed by atoms with Crippen molar-refractivity contribution in [2.45, 2.75) is 26.2 Å². The lowest BCUT2D eigenvalue weighted by molar-refractivity contribution is -0.144. The molecule has 1 aromatic carbocycles. The molecular formula is C17H24O5. The fourth-order valence-corrected chi connectivity index (χ4v) is 2.24. The number of allylic oxidation sites excluding steroid dienone is 1. The summed E-state index contributed by atoms with van der Waals surface area (Å²) in [5.41, 5.74) is 1.71. The number of hydrogen-bond acceptors (Lipinski definition) is 5. The molecule has 5 nitrogen and oxygen atoms in total. The average Bonchev–Trinajstić information content (AvgIpc) is 2.50. The largest absolute Gasteiger partial charge is 0.508 e. The van der Waals surface area contributed by atoms with Crippen molar-refractivity contribution in [3.63, 3.8) is 0 Å². The van der Waals surface area contributed by atoms with Gasteiger partial charge in [0.05, 0.1) is 19.6 Å². The van der Waals surface area contributed by atoms with Crippen molar-refractivity contribution in [3.05, 3.63) is 41.5 Å². The van der Waals surface area contributed by atoms with Crippen LogP contribution < -0.4 is 0 Å². The summed E-state index contributed by atoms with van der Waals surface area (Å²) in [6.07, 6.45) is 2.92. The topological polar surface area (TPSA) is 87.0 Å². The van der Waals surface area contributed by atoms with Crippen LogP contribution in [0.4, 0.5) is 0 Å². The number of esters is 1. The van der Waals surface area contributed by atoms with Gasteiger partial charge in [0, 0.05) is 13.0 Å². The molecule has 0 radical (unpaired) electrons. The zero-order valence-corrected chi connectivity index (χ0v) is 12.9. The van der Waals surface area contributed by atoms with E-state index in [9.17, 15) is 15.0 Å². The number of carbonyl (C=O) groups excluding carboxylic acids is 1. The van der Waals surface area contributed by atoms with Crippen LogP contribution in [0.3, 0.4) is 0 Å². The summed E-state index contributed by atoms with van der Waals surface area (Å²) in [6.45, 7) is 1.90. The number of aliphatic hydroxyl groups excluding tert-OH is 2. The lowest BCUT2D eigenvalue weighted by Gasteiger charge is -2.17. The molecule has 0 amide bonds. The second kappa shape index (κ2) is 9.97. The first-order valence-corrected chi connectivity index (χ1v) is 7.41. The molecule has 22 heavy (non-hydrogen) atoms. The molecule has 3 N–H and O–H groups in total. The highest BCUT2D eigenvalue weighted by Crippen LogP contribution is 2.19. The number of aliphatic hydroxyl groups is 2. The smallest absolute Gasteiger partial charge is 0.306 e. The second-order valence-electron chi connectivity index (χ2n) is 5.07. The van der Waals surface area contributed by atoms with Gasteiger partial charge in [-0.2, -0.15) is 0 Å². The monoisotopic (exact) mass is 308 g/mol. The number of aromatic hydroxyl groups is 1. The van der Waals surface area contributed by atoms with Gasteiger partial charge in [0.25, 0.3) is 0 Å². The van der Waals surface area contributed by atoms with Crippen LogP contribution in [0.5, 0.6) is 5.75 Å². The summed E-state index contributed by atoms with van der Waals surface area (Å²) < 4.78 is 5.20. The van der Waals surface area contributed by atoms with Crippen LogP contribution in [0.25, 0.3) is 0 Å². The van der Waals surface area contributed by atoms with Crippen molar-refractivity contribution in [1.29, 1.82) is 0 Å². The van der Waals surface area contributed by atoms with E-state index in [1.165, 1.54) is 0 Å². The predicted molar refractivity (Wildman–Crippen MR) is 83.4 cm³/mol. The summed E-state index contributed by atoms with van der Waals surface area (Å²) in [4.78, 5) is 11.9. The van der Waals surface area contributed by atoms with Crippen molar-refractivity contribution in [1.82, 2.24) is 0 Å². The van der Waals surface area contributed by atoms with Crippen LogP contribution in [0.1, 0.15) is 25.3 Å². The third kappa shape index (κ3) is 6.28. The molecule has 5 heteroatoms. The van der Waals surface area contributed by atoms with Crippen molar-refractivity contribution < 1.29 is 24.9 Å². The molecule has 0 spiro atoms. The predicted octanol–water partition coefficient (Wildman–Crippen LogP) is 1.81. The molecule has 1 rings (SSSR count).